The summed E-state index contributed by atoms with van der Waals surface area (Å²) in [5.41, 5.74) is 2.29. The molecule has 4 aliphatic heterocycles. The zero-order valence-corrected chi connectivity index (χ0v) is 18.4. The van der Waals surface area contributed by atoms with E-state index in [-0.39, 0.29) is 9.79 Å². The first-order valence-electron chi connectivity index (χ1n) is 9.74. The summed E-state index contributed by atoms with van der Waals surface area (Å²) < 4.78 is 43.8. The van der Waals surface area contributed by atoms with Crippen LogP contribution >= 0.6 is 0 Å². The number of benzene rings is 3. The van der Waals surface area contributed by atoms with Crippen molar-refractivity contribution in [3.8, 4) is 17.2 Å². The Morgan fingerprint density at radius 2 is 1.19 bits per heavy atom. The van der Waals surface area contributed by atoms with Crippen LogP contribution in [0.25, 0.3) is 0 Å². The summed E-state index contributed by atoms with van der Waals surface area (Å²) in [6.45, 7) is 6.91. The Morgan fingerprint density at radius 3 is 1.61 bits per heavy atom. The van der Waals surface area contributed by atoms with Crippen LogP contribution < -0.4 is 14.2 Å². The second-order valence-electron chi connectivity index (χ2n) is 7.58. The fourth-order valence-electron chi connectivity index (χ4n) is 3.63. The van der Waals surface area contributed by atoms with Crippen LogP contribution in [-0.4, -0.2) is 20.7 Å². The Balaban J connectivity index is 1.87. The predicted molar refractivity (Wildman–Crippen MR) is 114 cm³/mol. The van der Waals surface area contributed by atoms with Crippen molar-refractivity contribution >= 4 is 15.8 Å². The summed E-state index contributed by atoms with van der Waals surface area (Å²) in [6, 6.07) is 14.8. The lowest BCUT2D eigenvalue weighted by Crippen LogP contribution is -2.37. The van der Waals surface area contributed by atoms with E-state index in [2.05, 4.69) is 0 Å². The molecule has 7 heteroatoms. The first-order valence-corrected chi connectivity index (χ1v) is 11.2. The molecule has 4 bridgehead atoms. The summed E-state index contributed by atoms with van der Waals surface area (Å²) in [4.78, 5) is 13.3. The van der Waals surface area contributed by atoms with E-state index in [0.717, 1.165) is 0 Å². The molecule has 0 spiro atoms. The van der Waals surface area contributed by atoms with E-state index in [9.17, 15) is 13.2 Å². The van der Waals surface area contributed by atoms with Crippen molar-refractivity contribution in [3.05, 3.63) is 76.9 Å². The van der Waals surface area contributed by atoms with Gasteiger partial charge in [-0.25, -0.2) is 13.2 Å². The third kappa shape index (κ3) is 3.88. The van der Waals surface area contributed by atoms with E-state index in [1.165, 1.54) is 24.3 Å². The van der Waals surface area contributed by atoms with Crippen LogP contribution in [0.15, 0.2) is 64.4 Å². The molecule has 6 nitrogen and oxygen atoms in total. The van der Waals surface area contributed by atoms with Gasteiger partial charge in [0.25, 0.3) is 0 Å². The Hall–Kier alpha value is -3.32. The van der Waals surface area contributed by atoms with Crippen LogP contribution in [0.5, 0.6) is 17.2 Å². The highest BCUT2D eigenvalue weighted by Gasteiger charge is 2.31. The van der Waals surface area contributed by atoms with Crippen molar-refractivity contribution in [3.63, 3.8) is 0 Å². The molecule has 0 radical (unpaired) electrons. The molecule has 0 unspecified atom stereocenters. The molecule has 0 fully saturated rings. The molecule has 0 saturated carbocycles. The molecule has 3 aromatic rings. The van der Waals surface area contributed by atoms with Gasteiger partial charge < -0.3 is 14.2 Å². The van der Waals surface area contributed by atoms with Crippen LogP contribution in [0.1, 0.15) is 22.3 Å². The first kappa shape index (κ1) is 20.9. The standard InChI is InChI=1S/C24H22O6S/c1-14-10-19-11-15(2)21(14)29-24(23(25)28-18-8-6-5-7-9-18)30-22-16(3)12-20(13-17(22)4)31(19,26)27/h5-13,24H,1-4H3. The second-order valence-corrected chi connectivity index (χ2v) is 9.53. The number of rotatable bonds is 2. The van der Waals surface area contributed by atoms with Gasteiger partial charge in [-0.05, 0) is 86.3 Å². The van der Waals surface area contributed by atoms with Gasteiger partial charge in [-0.3, -0.25) is 0 Å². The zero-order chi connectivity index (χ0) is 22.3. The number of aryl methyl sites for hydroxylation is 4. The molecule has 0 N–H and O–H groups in total. The van der Waals surface area contributed by atoms with Gasteiger partial charge in [0, 0.05) is 0 Å². The highest BCUT2D eigenvalue weighted by molar-refractivity contribution is 7.91. The maximum Gasteiger partial charge on any atom is 0.394 e. The van der Waals surface area contributed by atoms with Crippen LogP contribution in [0.2, 0.25) is 0 Å². The summed E-state index contributed by atoms with van der Waals surface area (Å²) >= 11 is 0. The third-order valence-corrected chi connectivity index (χ3v) is 6.80. The van der Waals surface area contributed by atoms with Crippen molar-refractivity contribution in [2.75, 3.05) is 0 Å². The SMILES string of the molecule is Cc1cc2cc(C)c1OC(C(=O)Oc1ccccc1)Oc1c(C)cc(cc1C)S2(=O)=O. The maximum absolute atomic E-state index is 13.2. The molecule has 0 atom stereocenters. The Bertz CT molecular complexity index is 1170. The number of ether oxygens (including phenoxy) is 3. The lowest BCUT2D eigenvalue weighted by atomic mass is 10.1. The van der Waals surface area contributed by atoms with Gasteiger partial charge >= 0.3 is 12.3 Å². The minimum atomic E-state index is -3.72. The first-order chi connectivity index (χ1) is 14.7. The molecular weight excluding hydrogens is 416 g/mol. The molecule has 0 aromatic heterocycles. The zero-order valence-electron chi connectivity index (χ0n) is 17.6. The average molecular weight is 439 g/mol. The molecule has 3 aromatic carbocycles. The molecule has 7 rings (SSSR count). The number of esters is 1. The quantitative estimate of drug-likeness (QED) is 0.434. The minimum Gasteiger partial charge on any atom is -0.445 e. The number of carbonyl (C=O) groups is 1. The topological polar surface area (TPSA) is 78.9 Å². The van der Waals surface area contributed by atoms with Gasteiger partial charge in [0.2, 0.25) is 9.84 Å². The number of para-hydroxylation sites is 1. The number of sulfone groups is 1. The van der Waals surface area contributed by atoms with E-state index in [1.54, 1.807) is 52.0 Å². The summed E-state index contributed by atoms with van der Waals surface area (Å²) in [6.07, 6.45) is -1.39. The molecule has 0 amide bonds. The lowest BCUT2D eigenvalue weighted by molar-refractivity contribution is -0.155. The Kier molecular flexibility index (Phi) is 5.23. The minimum absolute atomic E-state index is 0.173. The molecule has 31 heavy (non-hydrogen) atoms. The van der Waals surface area contributed by atoms with Crippen molar-refractivity contribution in [2.24, 2.45) is 0 Å². The van der Waals surface area contributed by atoms with E-state index in [1.807, 2.05) is 6.07 Å². The van der Waals surface area contributed by atoms with E-state index in [4.69, 9.17) is 14.2 Å². The van der Waals surface area contributed by atoms with Crippen molar-refractivity contribution in [1.82, 2.24) is 0 Å². The summed E-state index contributed by atoms with van der Waals surface area (Å²) in [5, 5.41) is 0. The normalized spacial score (nSPS) is 14.8. The Morgan fingerprint density at radius 1 is 0.774 bits per heavy atom. The average Bonchev–Trinajstić information content (AvgIpc) is 2.71. The summed E-state index contributed by atoms with van der Waals surface area (Å²) in [5.74, 6) is 0.393. The van der Waals surface area contributed by atoms with Crippen LogP contribution in [-0.2, 0) is 14.6 Å². The Labute approximate surface area is 181 Å². The van der Waals surface area contributed by atoms with Gasteiger partial charge in [0.15, 0.2) is 0 Å². The van der Waals surface area contributed by atoms with Crippen LogP contribution in [0, 0.1) is 27.7 Å². The van der Waals surface area contributed by atoms with Gasteiger partial charge in [0.05, 0.1) is 9.79 Å². The smallest absolute Gasteiger partial charge is 0.394 e. The number of hydrogen-bond acceptors (Lipinski definition) is 6. The van der Waals surface area contributed by atoms with Crippen molar-refractivity contribution in [1.29, 1.82) is 0 Å². The number of hydrogen-bond donors (Lipinski definition) is 0. The van der Waals surface area contributed by atoms with Crippen molar-refractivity contribution in [2.45, 2.75) is 43.8 Å². The fourth-order valence-corrected chi connectivity index (χ4v) is 5.23. The largest absolute Gasteiger partial charge is 0.445 e. The maximum atomic E-state index is 13.2. The molecular formula is C24H22O6S. The van der Waals surface area contributed by atoms with Crippen molar-refractivity contribution < 1.29 is 27.4 Å². The molecule has 4 heterocycles. The van der Waals surface area contributed by atoms with Crippen LogP contribution in [0.4, 0.5) is 0 Å². The molecule has 0 saturated heterocycles. The summed E-state index contributed by atoms with van der Waals surface area (Å²) in [7, 11) is -3.72. The monoisotopic (exact) mass is 438 g/mol. The van der Waals surface area contributed by atoms with Crippen LogP contribution in [0.3, 0.4) is 0 Å². The predicted octanol–water partition coefficient (Wildman–Crippen LogP) is 4.46. The molecule has 0 aliphatic carbocycles. The van der Waals surface area contributed by atoms with Gasteiger partial charge in [-0.2, -0.15) is 0 Å². The van der Waals surface area contributed by atoms with Gasteiger partial charge in [-0.1, -0.05) is 18.2 Å². The third-order valence-electron chi connectivity index (χ3n) is 5.09. The van der Waals surface area contributed by atoms with E-state index in [0.29, 0.717) is 39.5 Å². The second kappa shape index (κ2) is 7.74. The highest BCUT2D eigenvalue weighted by Crippen LogP contribution is 2.36. The lowest BCUT2D eigenvalue weighted by Gasteiger charge is -2.25. The van der Waals surface area contributed by atoms with Gasteiger partial charge in [0.1, 0.15) is 17.2 Å². The molecule has 160 valence electrons. The number of carbonyl (C=O) groups excluding carboxylic acids is 1. The van der Waals surface area contributed by atoms with Gasteiger partial charge in [-0.15, -0.1) is 0 Å². The molecule has 4 aliphatic rings. The highest BCUT2D eigenvalue weighted by atomic mass is 32.2. The van der Waals surface area contributed by atoms with E-state index < -0.39 is 22.1 Å². The fraction of sp³-hybridized carbons (Fsp3) is 0.208. The van der Waals surface area contributed by atoms with E-state index >= 15 is 0 Å².